The van der Waals surface area contributed by atoms with Crippen LogP contribution in [0.4, 0.5) is 4.39 Å². The first kappa shape index (κ1) is 13.9. The van der Waals surface area contributed by atoms with Crippen LogP contribution in [0.25, 0.3) is 0 Å². The van der Waals surface area contributed by atoms with Crippen molar-refractivity contribution in [2.75, 3.05) is 0 Å². The fourth-order valence-electron chi connectivity index (χ4n) is 1.58. The number of nitrogens with two attached hydrogens (primary N) is 1. The SMILES string of the molecule is CC(C)C(NCc1c(F)cccc1Cl)C(N)=O. The summed E-state index contributed by atoms with van der Waals surface area (Å²) in [5.41, 5.74) is 5.60. The molecule has 0 saturated carbocycles. The Morgan fingerprint density at radius 1 is 1.53 bits per heavy atom. The third-order valence-corrected chi connectivity index (χ3v) is 2.89. The average Bonchev–Trinajstić information content (AvgIpc) is 2.21. The standard InChI is InChI=1S/C12H16ClFN2O/c1-7(2)11(12(15)17)16-6-8-9(13)4-3-5-10(8)14/h3-5,7,11,16H,6H2,1-2H3,(H2,15,17). The Labute approximate surface area is 105 Å². The molecule has 0 heterocycles. The van der Waals surface area contributed by atoms with Gasteiger partial charge in [-0.1, -0.05) is 31.5 Å². The number of amides is 1. The summed E-state index contributed by atoms with van der Waals surface area (Å²) in [6.45, 7) is 3.91. The number of hydrogen-bond acceptors (Lipinski definition) is 2. The lowest BCUT2D eigenvalue weighted by molar-refractivity contribution is -0.121. The van der Waals surface area contributed by atoms with E-state index >= 15 is 0 Å². The Morgan fingerprint density at radius 2 is 2.18 bits per heavy atom. The number of carbonyl (C=O) groups excluding carboxylic acids is 1. The van der Waals surface area contributed by atoms with Crippen LogP contribution in [-0.4, -0.2) is 11.9 Å². The Balaban J connectivity index is 2.75. The molecule has 5 heteroatoms. The second kappa shape index (κ2) is 5.98. The van der Waals surface area contributed by atoms with Gasteiger partial charge in [0.2, 0.25) is 5.91 Å². The van der Waals surface area contributed by atoms with Gasteiger partial charge in [0, 0.05) is 17.1 Å². The van der Waals surface area contributed by atoms with Crippen molar-refractivity contribution in [3.05, 3.63) is 34.6 Å². The second-order valence-electron chi connectivity index (χ2n) is 4.21. The van der Waals surface area contributed by atoms with Crippen LogP contribution in [0.5, 0.6) is 0 Å². The van der Waals surface area contributed by atoms with Crippen molar-refractivity contribution < 1.29 is 9.18 Å². The maximum atomic E-state index is 13.5. The van der Waals surface area contributed by atoms with E-state index < -0.39 is 17.8 Å². The average molecular weight is 259 g/mol. The summed E-state index contributed by atoms with van der Waals surface area (Å²) in [5, 5.41) is 3.26. The van der Waals surface area contributed by atoms with E-state index in [1.54, 1.807) is 6.07 Å². The highest BCUT2D eigenvalue weighted by molar-refractivity contribution is 6.31. The van der Waals surface area contributed by atoms with Crippen molar-refractivity contribution >= 4 is 17.5 Å². The van der Waals surface area contributed by atoms with E-state index in [1.165, 1.54) is 12.1 Å². The molecule has 0 fully saturated rings. The monoisotopic (exact) mass is 258 g/mol. The van der Waals surface area contributed by atoms with Gasteiger partial charge >= 0.3 is 0 Å². The summed E-state index contributed by atoms with van der Waals surface area (Å²) in [6, 6.07) is 3.98. The summed E-state index contributed by atoms with van der Waals surface area (Å²) in [7, 11) is 0. The van der Waals surface area contributed by atoms with Gasteiger partial charge in [-0.2, -0.15) is 0 Å². The van der Waals surface area contributed by atoms with E-state index in [0.717, 1.165) is 0 Å². The molecule has 3 N–H and O–H groups in total. The molecule has 0 aliphatic heterocycles. The molecule has 0 spiro atoms. The van der Waals surface area contributed by atoms with E-state index in [0.29, 0.717) is 10.6 Å². The van der Waals surface area contributed by atoms with Crippen LogP contribution in [0.15, 0.2) is 18.2 Å². The van der Waals surface area contributed by atoms with E-state index in [2.05, 4.69) is 5.32 Å². The van der Waals surface area contributed by atoms with Crippen LogP contribution >= 0.6 is 11.6 Å². The lowest BCUT2D eigenvalue weighted by Crippen LogP contribution is -2.44. The lowest BCUT2D eigenvalue weighted by atomic mass is 10.0. The fourth-order valence-corrected chi connectivity index (χ4v) is 1.81. The first-order valence-corrected chi connectivity index (χ1v) is 5.77. The van der Waals surface area contributed by atoms with Gasteiger partial charge in [-0.25, -0.2) is 4.39 Å². The third kappa shape index (κ3) is 3.68. The molecule has 1 rings (SSSR count). The summed E-state index contributed by atoms with van der Waals surface area (Å²) < 4.78 is 13.5. The molecular formula is C12H16ClFN2O. The molecule has 0 aliphatic rings. The van der Waals surface area contributed by atoms with E-state index in [4.69, 9.17) is 17.3 Å². The highest BCUT2D eigenvalue weighted by Gasteiger charge is 2.19. The van der Waals surface area contributed by atoms with Crippen LogP contribution in [0.1, 0.15) is 19.4 Å². The second-order valence-corrected chi connectivity index (χ2v) is 4.61. The topological polar surface area (TPSA) is 55.1 Å². The molecule has 0 aliphatic carbocycles. The molecule has 1 unspecified atom stereocenters. The van der Waals surface area contributed by atoms with Gasteiger partial charge in [0.15, 0.2) is 0 Å². The maximum absolute atomic E-state index is 13.5. The molecule has 0 bridgehead atoms. The highest BCUT2D eigenvalue weighted by Crippen LogP contribution is 2.19. The predicted molar refractivity (Wildman–Crippen MR) is 66.1 cm³/mol. The summed E-state index contributed by atoms with van der Waals surface area (Å²) in [4.78, 5) is 11.2. The normalized spacial score (nSPS) is 12.8. The third-order valence-electron chi connectivity index (χ3n) is 2.53. The van der Waals surface area contributed by atoms with Gasteiger partial charge in [-0.15, -0.1) is 0 Å². The molecule has 1 atom stereocenters. The zero-order valence-electron chi connectivity index (χ0n) is 9.84. The van der Waals surface area contributed by atoms with E-state index in [-0.39, 0.29) is 12.5 Å². The van der Waals surface area contributed by atoms with Crippen LogP contribution in [0, 0.1) is 11.7 Å². The Bertz CT molecular complexity index is 389. The molecule has 0 aromatic heterocycles. The van der Waals surface area contributed by atoms with Gasteiger partial charge in [0.05, 0.1) is 6.04 Å². The number of nitrogens with one attached hydrogen (secondary N) is 1. The van der Waals surface area contributed by atoms with Crippen molar-refractivity contribution in [3.63, 3.8) is 0 Å². The minimum atomic E-state index is -0.495. The molecule has 0 saturated heterocycles. The molecule has 94 valence electrons. The Hall–Kier alpha value is -1.13. The number of primary amides is 1. The molecule has 17 heavy (non-hydrogen) atoms. The minimum absolute atomic E-state index is 0.0399. The predicted octanol–water partition coefficient (Wildman–Crippen LogP) is 2.08. The molecule has 1 aromatic rings. The van der Waals surface area contributed by atoms with Crippen LogP contribution in [-0.2, 0) is 11.3 Å². The van der Waals surface area contributed by atoms with E-state index in [9.17, 15) is 9.18 Å². The van der Waals surface area contributed by atoms with Crippen molar-refractivity contribution in [3.8, 4) is 0 Å². The Morgan fingerprint density at radius 3 is 2.65 bits per heavy atom. The molecule has 1 aromatic carbocycles. The van der Waals surface area contributed by atoms with E-state index in [1.807, 2.05) is 13.8 Å². The van der Waals surface area contributed by atoms with Gasteiger partial charge in [0.1, 0.15) is 5.82 Å². The van der Waals surface area contributed by atoms with Crippen molar-refractivity contribution in [2.24, 2.45) is 11.7 Å². The zero-order valence-corrected chi connectivity index (χ0v) is 10.6. The quantitative estimate of drug-likeness (QED) is 0.850. The molecule has 1 amide bonds. The van der Waals surface area contributed by atoms with Gasteiger partial charge in [-0.05, 0) is 18.1 Å². The first-order chi connectivity index (χ1) is 7.93. The summed E-state index contributed by atoms with van der Waals surface area (Å²) >= 11 is 5.88. The number of halogens is 2. The smallest absolute Gasteiger partial charge is 0.234 e. The summed E-state index contributed by atoms with van der Waals surface area (Å²) in [5.74, 6) is -0.803. The van der Waals surface area contributed by atoms with Crippen LogP contribution in [0.3, 0.4) is 0 Å². The fraction of sp³-hybridized carbons (Fsp3) is 0.417. The molecular weight excluding hydrogens is 243 g/mol. The van der Waals surface area contributed by atoms with Gasteiger partial charge in [-0.3, -0.25) is 4.79 Å². The van der Waals surface area contributed by atoms with Crippen molar-refractivity contribution in [1.82, 2.24) is 5.32 Å². The van der Waals surface area contributed by atoms with Crippen molar-refractivity contribution in [2.45, 2.75) is 26.4 Å². The van der Waals surface area contributed by atoms with Gasteiger partial charge in [0.25, 0.3) is 0 Å². The number of rotatable bonds is 5. The largest absolute Gasteiger partial charge is 0.368 e. The number of carbonyl (C=O) groups is 1. The number of benzene rings is 1. The molecule has 3 nitrogen and oxygen atoms in total. The summed E-state index contributed by atoms with van der Waals surface area (Å²) in [6.07, 6.45) is 0. The first-order valence-electron chi connectivity index (χ1n) is 5.39. The zero-order chi connectivity index (χ0) is 13.0. The maximum Gasteiger partial charge on any atom is 0.234 e. The Kier molecular flexibility index (Phi) is 4.90. The lowest BCUT2D eigenvalue weighted by Gasteiger charge is -2.19. The van der Waals surface area contributed by atoms with Crippen LogP contribution < -0.4 is 11.1 Å². The molecule has 0 radical (unpaired) electrons. The number of hydrogen-bond donors (Lipinski definition) is 2. The van der Waals surface area contributed by atoms with Crippen molar-refractivity contribution in [1.29, 1.82) is 0 Å². The highest BCUT2D eigenvalue weighted by atomic mass is 35.5. The van der Waals surface area contributed by atoms with Gasteiger partial charge < -0.3 is 11.1 Å². The van der Waals surface area contributed by atoms with Crippen LogP contribution in [0.2, 0.25) is 5.02 Å². The minimum Gasteiger partial charge on any atom is -0.368 e.